The zero-order chi connectivity index (χ0) is 14.6. The number of anilines is 2. The lowest BCUT2D eigenvalue weighted by Gasteiger charge is -2.26. The fourth-order valence-electron chi connectivity index (χ4n) is 2.49. The van der Waals surface area contributed by atoms with E-state index in [1.54, 1.807) is 24.3 Å². The van der Waals surface area contributed by atoms with E-state index in [0.29, 0.717) is 11.4 Å². The molecule has 1 aliphatic heterocycles. The molecule has 1 aliphatic rings. The van der Waals surface area contributed by atoms with Crippen molar-refractivity contribution in [3.05, 3.63) is 24.3 Å². The van der Waals surface area contributed by atoms with Crippen molar-refractivity contribution in [2.45, 2.75) is 31.7 Å². The molecule has 3 amide bonds. The average Bonchev–Trinajstić information content (AvgIpc) is 2.90. The van der Waals surface area contributed by atoms with Crippen LogP contribution in [0, 0.1) is 0 Å². The maximum absolute atomic E-state index is 12.4. The zero-order valence-electron chi connectivity index (χ0n) is 11.9. The monoisotopic (exact) mass is 312 g/mol. The van der Waals surface area contributed by atoms with E-state index in [-0.39, 0.29) is 18.3 Å². The lowest BCUT2D eigenvalue weighted by atomic mass is 9.93. The Morgan fingerprint density at radius 2 is 1.81 bits per heavy atom. The van der Waals surface area contributed by atoms with Gasteiger partial charge in [0.05, 0.1) is 5.54 Å². The van der Waals surface area contributed by atoms with Gasteiger partial charge >= 0.3 is 6.03 Å². The maximum atomic E-state index is 12.4. The van der Waals surface area contributed by atoms with E-state index in [4.69, 9.17) is 5.73 Å². The van der Waals surface area contributed by atoms with Gasteiger partial charge in [-0.1, -0.05) is 6.92 Å². The van der Waals surface area contributed by atoms with Crippen molar-refractivity contribution in [2.75, 3.05) is 17.2 Å². The predicted molar refractivity (Wildman–Crippen MR) is 85.8 cm³/mol. The van der Waals surface area contributed by atoms with Crippen molar-refractivity contribution in [3.8, 4) is 0 Å². The van der Waals surface area contributed by atoms with Gasteiger partial charge in [0.2, 0.25) is 5.91 Å². The summed E-state index contributed by atoms with van der Waals surface area (Å²) in [6.07, 6.45) is 2.64. The number of primary amides is 1. The first-order valence-corrected chi connectivity index (χ1v) is 6.79. The molecule has 0 spiro atoms. The molecule has 7 heteroatoms. The minimum Gasteiger partial charge on any atom is -0.351 e. The van der Waals surface area contributed by atoms with Crippen LogP contribution < -0.4 is 21.7 Å². The number of nitrogens with one attached hydrogen (secondary N) is 3. The highest BCUT2D eigenvalue weighted by atomic mass is 35.5. The van der Waals surface area contributed by atoms with E-state index in [9.17, 15) is 9.59 Å². The van der Waals surface area contributed by atoms with Crippen LogP contribution in [-0.2, 0) is 4.79 Å². The number of amides is 3. The normalized spacial score (nSPS) is 20.4. The van der Waals surface area contributed by atoms with Gasteiger partial charge in [-0.15, -0.1) is 12.4 Å². The number of hydrogen-bond donors (Lipinski definition) is 4. The molecule has 0 aliphatic carbocycles. The Labute approximate surface area is 130 Å². The zero-order valence-corrected chi connectivity index (χ0v) is 12.8. The van der Waals surface area contributed by atoms with Gasteiger partial charge in [-0.3, -0.25) is 4.79 Å². The summed E-state index contributed by atoms with van der Waals surface area (Å²) in [5.41, 5.74) is 5.88. The van der Waals surface area contributed by atoms with Crippen LogP contribution in [0.5, 0.6) is 0 Å². The van der Waals surface area contributed by atoms with Gasteiger partial charge in [-0.05, 0) is 50.1 Å². The van der Waals surface area contributed by atoms with Crippen LogP contribution in [0.4, 0.5) is 16.2 Å². The van der Waals surface area contributed by atoms with Gasteiger partial charge in [-0.2, -0.15) is 0 Å². The van der Waals surface area contributed by atoms with Crippen LogP contribution in [0.15, 0.2) is 24.3 Å². The van der Waals surface area contributed by atoms with Crippen molar-refractivity contribution in [2.24, 2.45) is 5.73 Å². The number of benzene rings is 1. The number of nitrogens with two attached hydrogens (primary N) is 1. The lowest BCUT2D eigenvalue weighted by Crippen LogP contribution is -2.50. The van der Waals surface area contributed by atoms with Gasteiger partial charge in [0.25, 0.3) is 0 Å². The molecule has 2 rings (SSSR count). The van der Waals surface area contributed by atoms with Gasteiger partial charge in [0.15, 0.2) is 0 Å². The number of hydrogen-bond acceptors (Lipinski definition) is 3. The van der Waals surface area contributed by atoms with Gasteiger partial charge in [-0.25, -0.2) is 4.79 Å². The summed E-state index contributed by atoms with van der Waals surface area (Å²) in [4.78, 5) is 23.1. The fraction of sp³-hybridized carbons (Fsp3) is 0.429. The highest BCUT2D eigenvalue weighted by molar-refractivity contribution is 5.98. The standard InChI is InChI=1S/C14H20N4O2.ClH/c1-2-14(8-3-9-16-14)12(19)17-10-4-6-11(7-5-10)18-13(15)20;/h4-7,16H,2-3,8-9H2,1H3,(H,17,19)(H3,15,18,20);1H. The van der Waals surface area contributed by atoms with Crippen LogP contribution in [0.3, 0.4) is 0 Å². The molecule has 0 saturated carbocycles. The topological polar surface area (TPSA) is 96.2 Å². The second-order valence-corrected chi connectivity index (χ2v) is 4.99. The first-order valence-electron chi connectivity index (χ1n) is 6.79. The number of urea groups is 1. The second-order valence-electron chi connectivity index (χ2n) is 4.99. The third-order valence-electron chi connectivity index (χ3n) is 3.69. The molecule has 1 saturated heterocycles. The molecule has 1 heterocycles. The highest BCUT2D eigenvalue weighted by Gasteiger charge is 2.38. The summed E-state index contributed by atoms with van der Waals surface area (Å²) in [5, 5.41) is 8.68. The molecule has 1 atom stereocenters. The molecular formula is C14H21ClN4O2. The molecule has 5 N–H and O–H groups in total. The van der Waals surface area contributed by atoms with Crippen LogP contribution in [0.2, 0.25) is 0 Å². The Balaban J connectivity index is 0.00000220. The van der Waals surface area contributed by atoms with Crippen LogP contribution in [0.1, 0.15) is 26.2 Å². The summed E-state index contributed by atoms with van der Waals surface area (Å²) >= 11 is 0. The highest BCUT2D eigenvalue weighted by Crippen LogP contribution is 2.25. The first kappa shape index (κ1) is 17.3. The molecule has 1 unspecified atom stereocenters. The molecule has 1 aromatic carbocycles. The van der Waals surface area contributed by atoms with Crippen molar-refractivity contribution in [1.29, 1.82) is 0 Å². The molecule has 1 aromatic rings. The van der Waals surface area contributed by atoms with Crippen LogP contribution in [-0.4, -0.2) is 24.0 Å². The third-order valence-corrected chi connectivity index (χ3v) is 3.69. The Bertz CT molecular complexity index is 498. The SMILES string of the molecule is CCC1(C(=O)Nc2ccc(NC(N)=O)cc2)CCCN1.Cl. The molecule has 1 fully saturated rings. The summed E-state index contributed by atoms with van der Waals surface area (Å²) < 4.78 is 0. The number of carbonyl (C=O) groups is 2. The molecule has 21 heavy (non-hydrogen) atoms. The lowest BCUT2D eigenvalue weighted by molar-refractivity contribution is -0.122. The Morgan fingerprint density at radius 1 is 1.24 bits per heavy atom. The summed E-state index contributed by atoms with van der Waals surface area (Å²) in [5.74, 6) is -0.00638. The van der Waals surface area contributed by atoms with Gasteiger partial charge in [0.1, 0.15) is 0 Å². The van der Waals surface area contributed by atoms with Crippen molar-refractivity contribution < 1.29 is 9.59 Å². The van der Waals surface area contributed by atoms with E-state index in [1.807, 2.05) is 6.92 Å². The van der Waals surface area contributed by atoms with E-state index in [0.717, 1.165) is 25.8 Å². The Morgan fingerprint density at radius 3 is 2.24 bits per heavy atom. The van der Waals surface area contributed by atoms with Crippen molar-refractivity contribution in [1.82, 2.24) is 5.32 Å². The van der Waals surface area contributed by atoms with E-state index >= 15 is 0 Å². The number of halogens is 1. The minimum atomic E-state index is -0.609. The first-order chi connectivity index (χ1) is 9.55. The van der Waals surface area contributed by atoms with E-state index in [2.05, 4.69) is 16.0 Å². The van der Waals surface area contributed by atoms with Crippen LogP contribution in [0.25, 0.3) is 0 Å². The minimum absolute atomic E-state index is 0. The molecule has 0 radical (unpaired) electrons. The van der Waals surface area contributed by atoms with E-state index < -0.39 is 11.6 Å². The van der Waals surface area contributed by atoms with Gasteiger partial charge < -0.3 is 21.7 Å². The smallest absolute Gasteiger partial charge is 0.316 e. The van der Waals surface area contributed by atoms with Crippen molar-refractivity contribution in [3.63, 3.8) is 0 Å². The van der Waals surface area contributed by atoms with Crippen molar-refractivity contribution >= 4 is 35.7 Å². The number of carbonyl (C=O) groups excluding carboxylic acids is 2. The molecule has 6 nitrogen and oxygen atoms in total. The fourth-order valence-corrected chi connectivity index (χ4v) is 2.49. The predicted octanol–water partition coefficient (Wildman–Crippen LogP) is 2.07. The quantitative estimate of drug-likeness (QED) is 0.685. The number of rotatable bonds is 4. The van der Waals surface area contributed by atoms with E-state index in [1.165, 1.54) is 0 Å². The third kappa shape index (κ3) is 4.09. The molecular weight excluding hydrogens is 292 g/mol. The molecule has 116 valence electrons. The maximum Gasteiger partial charge on any atom is 0.316 e. The largest absolute Gasteiger partial charge is 0.351 e. The summed E-state index contributed by atoms with van der Waals surface area (Å²) in [6.45, 7) is 2.89. The average molecular weight is 313 g/mol. The summed E-state index contributed by atoms with van der Waals surface area (Å²) in [7, 11) is 0. The Hall–Kier alpha value is -1.79. The summed E-state index contributed by atoms with van der Waals surface area (Å²) in [6, 6.07) is 6.26. The van der Waals surface area contributed by atoms with Crippen LogP contribution >= 0.6 is 12.4 Å². The second kappa shape index (κ2) is 7.28. The molecule has 0 bridgehead atoms. The Kier molecular flexibility index (Phi) is 5.99. The molecule has 0 aromatic heterocycles. The van der Waals surface area contributed by atoms with Gasteiger partial charge in [0, 0.05) is 11.4 Å².